The van der Waals surface area contributed by atoms with Crippen LogP contribution >= 0.6 is 0 Å². The molecule has 1 aromatic rings. The smallest absolute Gasteiger partial charge is 0.388 e. The molecule has 1 atom stereocenters. The molecule has 0 bridgehead atoms. The molecule has 1 unspecified atom stereocenters. The highest BCUT2D eigenvalue weighted by atomic mass is 19.4. The first-order valence-corrected chi connectivity index (χ1v) is 5.55. The first-order chi connectivity index (χ1) is 8.00. The molecular formula is C13H16F4O. The Bertz CT molecular complexity index is 418. The summed E-state index contributed by atoms with van der Waals surface area (Å²) in [6.45, 7) is 5.60. The average molecular weight is 264 g/mol. The van der Waals surface area contributed by atoms with E-state index < -0.39 is 23.7 Å². The molecule has 18 heavy (non-hydrogen) atoms. The van der Waals surface area contributed by atoms with Gasteiger partial charge in [0.25, 0.3) is 0 Å². The Morgan fingerprint density at radius 3 is 2.17 bits per heavy atom. The van der Waals surface area contributed by atoms with Crippen molar-refractivity contribution in [3.63, 3.8) is 0 Å². The zero-order chi connectivity index (χ0) is 14.1. The molecule has 1 rings (SSSR count). The molecular weight excluding hydrogens is 248 g/mol. The van der Waals surface area contributed by atoms with E-state index in [1.54, 1.807) is 0 Å². The van der Waals surface area contributed by atoms with E-state index in [4.69, 9.17) is 0 Å². The minimum Gasteiger partial charge on any atom is -0.388 e. The normalized spacial score (nSPS) is 14.7. The van der Waals surface area contributed by atoms with E-state index in [1.165, 1.54) is 6.07 Å². The Hall–Kier alpha value is -1.10. The first kappa shape index (κ1) is 15.0. The van der Waals surface area contributed by atoms with Gasteiger partial charge in [-0.05, 0) is 29.5 Å². The van der Waals surface area contributed by atoms with Gasteiger partial charge in [0.1, 0.15) is 5.82 Å². The Morgan fingerprint density at radius 1 is 1.17 bits per heavy atom. The molecule has 0 radical (unpaired) electrons. The minimum atomic E-state index is -4.75. The van der Waals surface area contributed by atoms with Gasteiger partial charge in [-0.25, -0.2) is 4.39 Å². The summed E-state index contributed by atoms with van der Waals surface area (Å²) >= 11 is 0. The number of halogens is 4. The second-order valence-electron chi connectivity index (χ2n) is 5.52. The van der Waals surface area contributed by atoms with E-state index in [9.17, 15) is 22.7 Å². The maximum Gasteiger partial charge on any atom is 0.419 e. The Balaban J connectivity index is 3.06. The van der Waals surface area contributed by atoms with E-state index in [1.807, 2.05) is 20.8 Å². The maximum atomic E-state index is 13.1. The summed E-state index contributed by atoms with van der Waals surface area (Å²) in [4.78, 5) is 0. The molecule has 102 valence electrons. The van der Waals surface area contributed by atoms with Crippen molar-refractivity contribution < 1.29 is 22.7 Å². The van der Waals surface area contributed by atoms with E-state index in [0.717, 1.165) is 6.07 Å². The highest BCUT2D eigenvalue weighted by Gasteiger charge is 2.34. The van der Waals surface area contributed by atoms with Gasteiger partial charge in [0.05, 0.1) is 11.7 Å². The molecule has 0 aliphatic rings. The van der Waals surface area contributed by atoms with Crippen molar-refractivity contribution in [1.82, 2.24) is 0 Å². The number of aliphatic hydroxyl groups excluding tert-OH is 1. The van der Waals surface area contributed by atoms with Crippen LogP contribution in [-0.2, 0) is 6.18 Å². The number of rotatable bonds is 2. The predicted octanol–water partition coefficient (Wildman–Crippen LogP) is 4.31. The fraction of sp³-hybridized carbons (Fsp3) is 0.538. The van der Waals surface area contributed by atoms with Crippen LogP contribution in [0.1, 0.15) is 44.4 Å². The molecule has 1 nitrogen and oxygen atoms in total. The van der Waals surface area contributed by atoms with Crippen LogP contribution in [0.4, 0.5) is 17.6 Å². The second kappa shape index (κ2) is 4.88. The van der Waals surface area contributed by atoms with Crippen LogP contribution < -0.4 is 0 Å². The summed E-state index contributed by atoms with van der Waals surface area (Å²) in [5, 5.41) is 9.85. The second-order valence-corrected chi connectivity index (χ2v) is 5.52. The lowest BCUT2D eigenvalue weighted by Gasteiger charge is -2.23. The standard InChI is InChI=1S/C13H16F4O/c1-12(2,3)7-11(18)8-4-5-10(14)9(6-8)13(15,16)17/h4-6,11,18H,7H2,1-3H3. The molecule has 5 heteroatoms. The molecule has 0 saturated carbocycles. The third-order valence-corrected chi connectivity index (χ3v) is 2.49. The Morgan fingerprint density at radius 2 is 1.72 bits per heavy atom. The van der Waals surface area contributed by atoms with Crippen LogP contribution in [-0.4, -0.2) is 5.11 Å². The summed E-state index contributed by atoms with van der Waals surface area (Å²) in [6.07, 6.45) is -5.48. The van der Waals surface area contributed by atoms with Crippen LogP contribution in [0.25, 0.3) is 0 Å². The molecule has 0 aliphatic heterocycles. The number of hydrogen-bond donors (Lipinski definition) is 1. The van der Waals surface area contributed by atoms with Gasteiger partial charge in [0.15, 0.2) is 0 Å². The van der Waals surface area contributed by atoms with Crippen molar-refractivity contribution in [3.05, 3.63) is 35.1 Å². The van der Waals surface area contributed by atoms with Gasteiger partial charge in [-0.15, -0.1) is 0 Å². The van der Waals surface area contributed by atoms with E-state index in [0.29, 0.717) is 12.5 Å². The SMILES string of the molecule is CC(C)(C)CC(O)c1ccc(F)c(C(F)(F)F)c1. The summed E-state index contributed by atoms with van der Waals surface area (Å²) in [7, 11) is 0. The van der Waals surface area contributed by atoms with Crippen LogP contribution in [0.3, 0.4) is 0 Å². The molecule has 0 fully saturated rings. The zero-order valence-electron chi connectivity index (χ0n) is 10.5. The third-order valence-electron chi connectivity index (χ3n) is 2.49. The molecule has 0 spiro atoms. The maximum absolute atomic E-state index is 13.1. The number of aliphatic hydroxyl groups is 1. The molecule has 0 saturated heterocycles. The third kappa shape index (κ3) is 3.98. The average Bonchev–Trinajstić information content (AvgIpc) is 2.13. The fourth-order valence-electron chi connectivity index (χ4n) is 1.67. The summed E-state index contributed by atoms with van der Waals surface area (Å²) in [5.41, 5.74) is -1.49. The van der Waals surface area contributed by atoms with Gasteiger partial charge < -0.3 is 5.11 Å². The summed E-state index contributed by atoms with van der Waals surface area (Å²) in [6, 6.07) is 2.59. The van der Waals surface area contributed by atoms with Gasteiger partial charge in [-0.3, -0.25) is 0 Å². The van der Waals surface area contributed by atoms with Crippen LogP contribution in [0.2, 0.25) is 0 Å². The van der Waals surface area contributed by atoms with Gasteiger partial charge in [0, 0.05) is 0 Å². The topological polar surface area (TPSA) is 20.2 Å². The molecule has 1 N–H and O–H groups in total. The van der Waals surface area contributed by atoms with Crippen molar-refractivity contribution in [2.45, 2.75) is 39.5 Å². The number of benzene rings is 1. The first-order valence-electron chi connectivity index (χ1n) is 5.55. The van der Waals surface area contributed by atoms with Crippen molar-refractivity contribution in [2.75, 3.05) is 0 Å². The number of alkyl halides is 3. The molecule has 0 aromatic heterocycles. The van der Waals surface area contributed by atoms with Crippen molar-refractivity contribution >= 4 is 0 Å². The monoisotopic (exact) mass is 264 g/mol. The fourth-order valence-corrected chi connectivity index (χ4v) is 1.67. The lowest BCUT2D eigenvalue weighted by molar-refractivity contribution is -0.140. The molecule has 0 amide bonds. The highest BCUT2D eigenvalue weighted by Crippen LogP contribution is 2.35. The van der Waals surface area contributed by atoms with E-state index in [2.05, 4.69) is 0 Å². The van der Waals surface area contributed by atoms with Crippen molar-refractivity contribution in [2.24, 2.45) is 5.41 Å². The molecule has 1 aromatic carbocycles. The summed E-state index contributed by atoms with van der Waals surface area (Å²) in [5.74, 6) is -1.32. The Kier molecular flexibility index (Phi) is 4.05. The van der Waals surface area contributed by atoms with E-state index >= 15 is 0 Å². The van der Waals surface area contributed by atoms with Crippen molar-refractivity contribution in [3.8, 4) is 0 Å². The summed E-state index contributed by atoms with van der Waals surface area (Å²) < 4.78 is 50.6. The van der Waals surface area contributed by atoms with Gasteiger partial charge in [-0.1, -0.05) is 26.8 Å². The zero-order valence-corrected chi connectivity index (χ0v) is 10.5. The molecule has 0 heterocycles. The largest absolute Gasteiger partial charge is 0.419 e. The lowest BCUT2D eigenvalue weighted by Crippen LogP contribution is -2.14. The van der Waals surface area contributed by atoms with Crippen LogP contribution in [0.15, 0.2) is 18.2 Å². The Labute approximate surface area is 103 Å². The highest BCUT2D eigenvalue weighted by molar-refractivity contribution is 5.28. The van der Waals surface area contributed by atoms with Gasteiger partial charge in [0.2, 0.25) is 0 Å². The van der Waals surface area contributed by atoms with Crippen LogP contribution in [0.5, 0.6) is 0 Å². The molecule has 0 aliphatic carbocycles. The predicted molar refractivity (Wildman–Crippen MR) is 60.4 cm³/mol. The minimum absolute atomic E-state index is 0.0821. The van der Waals surface area contributed by atoms with Crippen molar-refractivity contribution in [1.29, 1.82) is 0 Å². The number of hydrogen-bond acceptors (Lipinski definition) is 1. The van der Waals surface area contributed by atoms with Crippen LogP contribution in [0, 0.1) is 11.2 Å². The lowest BCUT2D eigenvalue weighted by atomic mass is 9.86. The quantitative estimate of drug-likeness (QED) is 0.789. The van der Waals surface area contributed by atoms with Gasteiger partial charge in [-0.2, -0.15) is 13.2 Å². The van der Waals surface area contributed by atoms with E-state index in [-0.39, 0.29) is 11.0 Å². The van der Waals surface area contributed by atoms with Gasteiger partial charge >= 0.3 is 6.18 Å².